The molecule has 0 saturated carbocycles. The van der Waals surface area contributed by atoms with Gasteiger partial charge in [-0.3, -0.25) is 0 Å². The topological polar surface area (TPSA) is 61.7 Å². The summed E-state index contributed by atoms with van der Waals surface area (Å²) in [6, 6.07) is 0.372. The summed E-state index contributed by atoms with van der Waals surface area (Å²) in [6.07, 6.45) is 2.93. The smallest absolute Gasteiger partial charge is 0.0972 e. The van der Waals surface area contributed by atoms with Gasteiger partial charge in [-0.05, 0) is 33.1 Å². The number of hydrogen-bond acceptors (Lipinski definition) is 4. The molecular formula is C12H25NO3. The molecule has 0 aromatic carbocycles. The monoisotopic (exact) mass is 231 g/mol. The first-order valence-electron chi connectivity index (χ1n) is 6.11. The van der Waals surface area contributed by atoms with Crippen molar-refractivity contribution in [3.8, 4) is 0 Å². The predicted octanol–water partition coefficient (Wildman–Crippen LogP) is 0.667. The summed E-state index contributed by atoms with van der Waals surface area (Å²) in [5, 5.41) is 22.0. The van der Waals surface area contributed by atoms with Crippen LogP contribution in [0.25, 0.3) is 0 Å². The Kier molecular flexibility index (Phi) is 4.73. The van der Waals surface area contributed by atoms with Gasteiger partial charge in [0.15, 0.2) is 0 Å². The van der Waals surface area contributed by atoms with E-state index in [-0.39, 0.29) is 12.2 Å². The fraction of sp³-hybridized carbons (Fsp3) is 1.00. The Balaban J connectivity index is 2.38. The van der Waals surface area contributed by atoms with Gasteiger partial charge in [0.05, 0.1) is 17.8 Å². The summed E-state index contributed by atoms with van der Waals surface area (Å²) in [7, 11) is 0. The molecular weight excluding hydrogens is 206 g/mol. The van der Waals surface area contributed by atoms with Gasteiger partial charge in [-0.2, -0.15) is 0 Å². The molecule has 0 aliphatic carbocycles. The van der Waals surface area contributed by atoms with Crippen molar-refractivity contribution in [2.24, 2.45) is 0 Å². The molecule has 96 valence electrons. The molecule has 0 bridgehead atoms. The number of aliphatic hydroxyl groups is 2. The fourth-order valence-corrected chi connectivity index (χ4v) is 1.97. The Morgan fingerprint density at radius 3 is 2.81 bits per heavy atom. The third kappa shape index (κ3) is 4.01. The minimum atomic E-state index is -1.03. The van der Waals surface area contributed by atoms with E-state index in [0.717, 1.165) is 25.9 Å². The van der Waals surface area contributed by atoms with Gasteiger partial charge in [0.25, 0.3) is 0 Å². The third-order valence-electron chi connectivity index (χ3n) is 3.46. The van der Waals surface area contributed by atoms with Gasteiger partial charge in [-0.15, -0.1) is 0 Å². The van der Waals surface area contributed by atoms with Crippen molar-refractivity contribution < 1.29 is 14.9 Å². The van der Waals surface area contributed by atoms with Gasteiger partial charge in [0.2, 0.25) is 0 Å². The van der Waals surface area contributed by atoms with E-state index in [0.29, 0.717) is 12.6 Å². The van der Waals surface area contributed by atoms with Crippen LogP contribution in [0.15, 0.2) is 0 Å². The number of nitrogens with one attached hydrogen (secondary N) is 1. The van der Waals surface area contributed by atoms with Crippen LogP contribution in [0.2, 0.25) is 0 Å². The minimum Gasteiger partial charge on any atom is -0.393 e. The van der Waals surface area contributed by atoms with E-state index >= 15 is 0 Å². The van der Waals surface area contributed by atoms with E-state index < -0.39 is 5.60 Å². The summed E-state index contributed by atoms with van der Waals surface area (Å²) in [6.45, 7) is 6.88. The number of hydrogen-bond donors (Lipinski definition) is 3. The van der Waals surface area contributed by atoms with Crippen molar-refractivity contribution in [2.45, 2.75) is 57.3 Å². The molecule has 3 atom stereocenters. The van der Waals surface area contributed by atoms with E-state index in [1.54, 1.807) is 6.92 Å². The molecule has 0 spiro atoms. The second-order valence-electron chi connectivity index (χ2n) is 5.38. The third-order valence-corrected chi connectivity index (χ3v) is 3.46. The highest BCUT2D eigenvalue weighted by Gasteiger charge is 2.32. The van der Waals surface area contributed by atoms with Gasteiger partial charge in [-0.1, -0.05) is 6.92 Å². The van der Waals surface area contributed by atoms with Gasteiger partial charge in [0, 0.05) is 19.2 Å². The van der Waals surface area contributed by atoms with E-state index in [1.807, 2.05) is 0 Å². The summed E-state index contributed by atoms with van der Waals surface area (Å²) in [5.41, 5.74) is -1.07. The van der Waals surface area contributed by atoms with Crippen LogP contribution in [0.4, 0.5) is 0 Å². The average Bonchev–Trinajstić information content (AvgIpc) is 2.27. The van der Waals surface area contributed by atoms with Crippen LogP contribution in [-0.2, 0) is 4.74 Å². The molecule has 16 heavy (non-hydrogen) atoms. The molecule has 0 radical (unpaired) electrons. The van der Waals surface area contributed by atoms with Crippen molar-refractivity contribution >= 4 is 0 Å². The largest absolute Gasteiger partial charge is 0.393 e. The van der Waals surface area contributed by atoms with Crippen molar-refractivity contribution in [3.63, 3.8) is 0 Å². The SMILES string of the molecule is CCC1(C)CC(NCC(C)(O)CO)CCO1. The van der Waals surface area contributed by atoms with Crippen molar-refractivity contribution in [3.05, 3.63) is 0 Å². The number of rotatable bonds is 5. The highest BCUT2D eigenvalue weighted by atomic mass is 16.5. The molecule has 4 nitrogen and oxygen atoms in total. The lowest BCUT2D eigenvalue weighted by Gasteiger charge is -2.39. The normalized spacial score (nSPS) is 34.7. The Morgan fingerprint density at radius 2 is 2.25 bits per heavy atom. The van der Waals surface area contributed by atoms with E-state index in [1.165, 1.54) is 0 Å². The van der Waals surface area contributed by atoms with Crippen LogP contribution >= 0.6 is 0 Å². The summed E-state index contributed by atoms with van der Waals surface area (Å²) >= 11 is 0. The summed E-state index contributed by atoms with van der Waals surface area (Å²) in [5.74, 6) is 0. The molecule has 1 aliphatic heterocycles. The van der Waals surface area contributed by atoms with E-state index in [9.17, 15) is 5.11 Å². The first kappa shape index (κ1) is 13.9. The molecule has 1 rings (SSSR count). The Hall–Kier alpha value is -0.160. The van der Waals surface area contributed by atoms with E-state index in [2.05, 4.69) is 19.2 Å². The van der Waals surface area contributed by atoms with E-state index in [4.69, 9.17) is 9.84 Å². The maximum absolute atomic E-state index is 9.70. The standard InChI is InChI=1S/C12H25NO3/c1-4-12(3)7-10(5-6-16-12)13-8-11(2,15)9-14/h10,13-15H,4-9H2,1-3H3. The fourth-order valence-electron chi connectivity index (χ4n) is 1.97. The molecule has 0 amide bonds. The molecule has 0 aromatic heterocycles. The lowest BCUT2D eigenvalue weighted by molar-refractivity contribution is -0.0815. The molecule has 1 aliphatic rings. The van der Waals surface area contributed by atoms with Crippen molar-refractivity contribution in [1.82, 2.24) is 5.32 Å². The van der Waals surface area contributed by atoms with Gasteiger partial charge >= 0.3 is 0 Å². The summed E-state index contributed by atoms with van der Waals surface area (Å²) in [4.78, 5) is 0. The lowest BCUT2D eigenvalue weighted by atomic mass is 9.89. The quantitative estimate of drug-likeness (QED) is 0.651. The zero-order chi connectivity index (χ0) is 12.2. The van der Waals surface area contributed by atoms with Gasteiger partial charge < -0.3 is 20.3 Å². The van der Waals surface area contributed by atoms with Crippen LogP contribution in [0.5, 0.6) is 0 Å². The maximum Gasteiger partial charge on any atom is 0.0972 e. The van der Waals surface area contributed by atoms with Crippen LogP contribution < -0.4 is 5.32 Å². The second kappa shape index (κ2) is 5.45. The highest BCUT2D eigenvalue weighted by Crippen LogP contribution is 2.27. The van der Waals surface area contributed by atoms with Crippen LogP contribution in [0.1, 0.15) is 40.0 Å². The van der Waals surface area contributed by atoms with Crippen molar-refractivity contribution in [1.29, 1.82) is 0 Å². The second-order valence-corrected chi connectivity index (χ2v) is 5.38. The van der Waals surface area contributed by atoms with Crippen LogP contribution in [0.3, 0.4) is 0 Å². The first-order chi connectivity index (χ1) is 7.41. The Morgan fingerprint density at radius 1 is 1.56 bits per heavy atom. The van der Waals surface area contributed by atoms with Gasteiger partial charge in [0.1, 0.15) is 0 Å². The number of aliphatic hydroxyl groups excluding tert-OH is 1. The predicted molar refractivity (Wildman–Crippen MR) is 63.4 cm³/mol. The zero-order valence-electron chi connectivity index (χ0n) is 10.6. The highest BCUT2D eigenvalue weighted by molar-refractivity contribution is 4.87. The Bertz CT molecular complexity index is 220. The number of ether oxygens (including phenoxy) is 1. The summed E-state index contributed by atoms with van der Waals surface area (Å²) < 4.78 is 5.75. The van der Waals surface area contributed by atoms with Gasteiger partial charge in [-0.25, -0.2) is 0 Å². The first-order valence-corrected chi connectivity index (χ1v) is 6.11. The molecule has 3 unspecified atom stereocenters. The van der Waals surface area contributed by atoms with Crippen LogP contribution in [-0.4, -0.2) is 47.2 Å². The molecule has 0 aromatic rings. The molecule has 1 heterocycles. The molecule has 1 saturated heterocycles. The Labute approximate surface area is 98.0 Å². The zero-order valence-corrected chi connectivity index (χ0v) is 10.6. The minimum absolute atomic E-state index is 0.0407. The van der Waals surface area contributed by atoms with Crippen LogP contribution in [0, 0.1) is 0 Å². The maximum atomic E-state index is 9.70. The lowest BCUT2D eigenvalue weighted by Crippen LogP contribution is -2.50. The van der Waals surface area contributed by atoms with Crippen molar-refractivity contribution in [2.75, 3.05) is 19.8 Å². The molecule has 1 fully saturated rings. The molecule has 3 N–H and O–H groups in total. The molecule has 4 heteroatoms. The average molecular weight is 231 g/mol.